The zero-order chi connectivity index (χ0) is 13.2. The molecule has 0 amide bonds. The average molecular weight is 276 g/mol. The van der Waals surface area contributed by atoms with Crippen molar-refractivity contribution in [1.29, 1.82) is 0 Å². The van der Waals surface area contributed by atoms with Crippen LogP contribution >= 0.6 is 11.6 Å². The number of fused-ring (bicyclic) bond motifs is 1. The summed E-state index contributed by atoms with van der Waals surface area (Å²) in [6.45, 7) is 2.11. The van der Waals surface area contributed by atoms with Crippen molar-refractivity contribution in [2.45, 2.75) is 43.8 Å². The van der Waals surface area contributed by atoms with E-state index >= 15 is 0 Å². The zero-order valence-corrected chi connectivity index (χ0v) is 11.8. The molecule has 0 radical (unpaired) electrons. The first-order valence-electron chi connectivity index (χ1n) is 6.86. The molecular formula is C16H18ClNO. The molecule has 1 saturated heterocycles. The van der Waals surface area contributed by atoms with Crippen LogP contribution in [0.5, 0.6) is 0 Å². The Hall–Kier alpha value is -1.12. The summed E-state index contributed by atoms with van der Waals surface area (Å²) in [5, 5.41) is 1.18. The highest BCUT2D eigenvalue weighted by Crippen LogP contribution is 2.26. The lowest BCUT2D eigenvalue weighted by atomic mass is 10.1. The van der Waals surface area contributed by atoms with E-state index in [4.69, 9.17) is 16.3 Å². The van der Waals surface area contributed by atoms with Gasteiger partial charge in [-0.25, -0.2) is 0 Å². The van der Waals surface area contributed by atoms with Crippen LogP contribution in [-0.2, 0) is 11.2 Å². The summed E-state index contributed by atoms with van der Waals surface area (Å²) in [5.74, 6) is 0. The molecule has 3 atom stereocenters. The van der Waals surface area contributed by atoms with Crippen LogP contribution in [0.1, 0.15) is 25.5 Å². The quantitative estimate of drug-likeness (QED) is 0.791. The molecule has 0 aliphatic carbocycles. The van der Waals surface area contributed by atoms with Gasteiger partial charge in [0, 0.05) is 17.5 Å². The molecule has 0 N–H and O–H groups in total. The molecule has 0 spiro atoms. The van der Waals surface area contributed by atoms with Gasteiger partial charge in [-0.05, 0) is 31.9 Å². The van der Waals surface area contributed by atoms with Crippen LogP contribution in [-0.4, -0.2) is 22.6 Å². The molecule has 1 aromatic heterocycles. The normalized spacial score (nSPS) is 24.7. The van der Waals surface area contributed by atoms with Gasteiger partial charge in [-0.15, -0.1) is 11.6 Å². The van der Waals surface area contributed by atoms with Crippen LogP contribution in [0.4, 0.5) is 0 Å². The van der Waals surface area contributed by atoms with Gasteiger partial charge in [-0.2, -0.15) is 0 Å². The number of halogens is 1. The first-order valence-corrected chi connectivity index (χ1v) is 7.30. The lowest BCUT2D eigenvalue weighted by Gasteiger charge is -2.17. The number of hydrogen-bond acceptors (Lipinski definition) is 2. The molecule has 2 nitrogen and oxygen atoms in total. The van der Waals surface area contributed by atoms with Crippen LogP contribution in [0.3, 0.4) is 0 Å². The Balaban J connectivity index is 1.74. The minimum absolute atomic E-state index is 0.0126. The Morgan fingerprint density at radius 1 is 1.26 bits per heavy atom. The Morgan fingerprint density at radius 3 is 2.89 bits per heavy atom. The second-order valence-corrected chi connectivity index (χ2v) is 5.84. The molecule has 2 heterocycles. The van der Waals surface area contributed by atoms with Crippen LogP contribution in [0, 0.1) is 0 Å². The van der Waals surface area contributed by atoms with Gasteiger partial charge in [0.2, 0.25) is 0 Å². The van der Waals surface area contributed by atoms with E-state index in [1.165, 1.54) is 5.39 Å². The largest absolute Gasteiger partial charge is 0.374 e. The van der Waals surface area contributed by atoms with Crippen molar-refractivity contribution in [3.63, 3.8) is 0 Å². The molecule has 1 aliphatic heterocycles. The zero-order valence-electron chi connectivity index (χ0n) is 11.1. The van der Waals surface area contributed by atoms with E-state index in [9.17, 15) is 0 Å². The molecule has 1 aliphatic rings. The van der Waals surface area contributed by atoms with Crippen LogP contribution in [0.2, 0.25) is 0 Å². The van der Waals surface area contributed by atoms with Gasteiger partial charge < -0.3 is 4.74 Å². The first kappa shape index (κ1) is 12.9. The number of nitrogens with zero attached hydrogens (tertiary/aromatic N) is 1. The fourth-order valence-corrected chi connectivity index (χ4v) is 3.00. The number of ether oxygens (including phenoxy) is 1. The molecule has 100 valence electrons. The Kier molecular flexibility index (Phi) is 3.72. The molecule has 3 unspecified atom stereocenters. The minimum Gasteiger partial charge on any atom is -0.374 e. The van der Waals surface area contributed by atoms with Crippen molar-refractivity contribution < 1.29 is 4.74 Å². The third-order valence-corrected chi connectivity index (χ3v) is 4.16. The van der Waals surface area contributed by atoms with Crippen molar-refractivity contribution in [2.24, 2.45) is 0 Å². The third kappa shape index (κ3) is 2.90. The summed E-state index contributed by atoms with van der Waals surface area (Å²) < 4.78 is 5.82. The van der Waals surface area contributed by atoms with Crippen LogP contribution in [0.15, 0.2) is 36.4 Å². The Morgan fingerprint density at radius 2 is 2.11 bits per heavy atom. The second-order valence-electron chi connectivity index (χ2n) is 5.28. The highest BCUT2D eigenvalue weighted by atomic mass is 35.5. The van der Waals surface area contributed by atoms with Gasteiger partial charge in [0.05, 0.1) is 23.1 Å². The van der Waals surface area contributed by atoms with E-state index in [1.54, 1.807) is 0 Å². The van der Waals surface area contributed by atoms with Gasteiger partial charge in [0.15, 0.2) is 0 Å². The van der Waals surface area contributed by atoms with E-state index in [-0.39, 0.29) is 11.5 Å². The first-order chi connectivity index (χ1) is 9.22. The molecule has 19 heavy (non-hydrogen) atoms. The van der Waals surface area contributed by atoms with Gasteiger partial charge in [0.25, 0.3) is 0 Å². The second kappa shape index (κ2) is 5.48. The Labute approximate surface area is 118 Å². The van der Waals surface area contributed by atoms with E-state index in [2.05, 4.69) is 30.1 Å². The van der Waals surface area contributed by atoms with Crippen molar-refractivity contribution in [1.82, 2.24) is 4.98 Å². The number of hydrogen-bond donors (Lipinski definition) is 0. The number of pyridine rings is 1. The summed E-state index contributed by atoms with van der Waals surface area (Å²) in [6.07, 6.45) is 3.45. The lowest BCUT2D eigenvalue weighted by molar-refractivity contribution is 0.0534. The number of rotatable bonds is 3. The van der Waals surface area contributed by atoms with Crippen molar-refractivity contribution in [2.75, 3.05) is 0 Å². The topological polar surface area (TPSA) is 22.1 Å². The SMILES string of the molecule is CC1CCC(C(Cl)Cc2ccc3ccccc3n2)O1. The molecule has 2 aromatic rings. The average Bonchev–Trinajstić information content (AvgIpc) is 2.85. The molecular weight excluding hydrogens is 258 g/mol. The molecule has 0 saturated carbocycles. The van der Waals surface area contributed by atoms with E-state index in [1.807, 2.05) is 18.2 Å². The monoisotopic (exact) mass is 275 g/mol. The van der Waals surface area contributed by atoms with E-state index in [0.29, 0.717) is 6.10 Å². The van der Waals surface area contributed by atoms with Crippen molar-refractivity contribution in [3.8, 4) is 0 Å². The van der Waals surface area contributed by atoms with Crippen molar-refractivity contribution >= 4 is 22.5 Å². The third-order valence-electron chi connectivity index (χ3n) is 3.73. The number of alkyl halides is 1. The van der Waals surface area contributed by atoms with Crippen molar-refractivity contribution in [3.05, 3.63) is 42.1 Å². The maximum atomic E-state index is 6.47. The fraction of sp³-hybridized carbons (Fsp3) is 0.438. The summed E-state index contributed by atoms with van der Waals surface area (Å²) in [6, 6.07) is 12.3. The highest BCUT2D eigenvalue weighted by Gasteiger charge is 2.28. The number of benzene rings is 1. The van der Waals surface area contributed by atoms with Crippen LogP contribution in [0.25, 0.3) is 10.9 Å². The predicted molar refractivity (Wildman–Crippen MR) is 78.7 cm³/mol. The minimum atomic E-state index is 0.0126. The van der Waals surface area contributed by atoms with Gasteiger partial charge in [-0.3, -0.25) is 4.98 Å². The number of aromatic nitrogens is 1. The molecule has 1 aromatic carbocycles. The maximum Gasteiger partial charge on any atom is 0.0747 e. The lowest BCUT2D eigenvalue weighted by Crippen LogP contribution is -2.23. The van der Waals surface area contributed by atoms with Gasteiger partial charge in [-0.1, -0.05) is 24.3 Å². The van der Waals surface area contributed by atoms with E-state index < -0.39 is 0 Å². The highest BCUT2D eigenvalue weighted by molar-refractivity contribution is 6.21. The molecule has 0 bridgehead atoms. The molecule has 3 rings (SSSR count). The standard InChI is InChI=1S/C16H18ClNO/c1-11-6-9-16(19-11)14(17)10-13-8-7-12-4-2-3-5-15(12)18-13/h2-5,7-8,11,14,16H,6,9-10H2,1H3. The van der Waals surface area contributed by atoms with E-state index in [0.717, 1.165) is 30.5 Å². The Bertz CT molecular complexity index is 571. The molecule has 1 fully saturated rings. The van der Waals surface area contributed by atoms with Gasteiger partial charge >= 0.3 is 0 Å². The van der Waals surface area contributed by atoms with Crippen LogP contribution < -0.4 is 0 Å². The smallest absolute Gasteiger partial charge is 0.0747 e. The number of para-hydroxylation sites is 1. The van der Waals surface area contributed by atoms with Gasteiger partial charge in [0.1, 0.15) is 0 Å². The summed E-state index contributed by atoms with van der Waals surface area (Å²) in [4.78, 5) is 4.67. The maximum absolute atomic E-state index is 6.47. The predicted octanol–water partition coefficient (Wildman–Crippen LogP) is 3.95. The fourth-order valence-electron chi connectivity index (χ4n) is 2.65. The molecule has 3 heteroatoms. The summed E-state index contributed by atoms with van der Waals surface area (Å²) in [7, 11) is 0. The summed E-state index contributed by atoms with van der Waals surface area (Å²) >= 11 is 6.47. The summed E-state index contributed by atoms with van der Waals surface area (Å²) in [5.41, 5.74) is 2.08.